The lowest BCUT2D eigenvalue weighted by Crippen LogP contribution is -2.48. The van der Waals surface area contributed by atoms with Gasteiger partial charge in [0.25, 0.3) is 5.91 Å². The number of hydrogen-bond donors (Lipinski definition) is 1. The molecule has 8 heteroatoms. The van der Waals surface area contributed by atoms with Gasteiger partial charge in [-0.05, 0) is 34.8 Å². The predicted molar refractivity (Wildman–Crippen MR) is 92.6 cm³/mol. The molecule has 0 bridgehead atoms. The number of carbonyl (C=O) groups excluding carboxylic acids is 1. The molecule has 1 unspecified atom stereocenters. The van der Waals surface area contributed by atoms with Gasteiger partial charge >= 0.3 is 0 Å². The molecule has 3 rings (SSSR count). The van der Waals surface area contributed by atoms with Crippen LogP contribution in [0.4, 0.5) is 5.82 Å². The monoisotopic (exact) mass is 388 g/mol. The Morgan fingerprint density at radius 2 is 2.33 bits per heavy atom. The highest BCUT2D eigenvalue weighted by Crippen LogP contribution is 2.24. The number of pyridine rings is 1. The number of amides is 1. The predicted octanol–water partition coefficient (Wildman–Crippen LogP) is 1.85. The molecule has 0 aliphatic carbocycles. The molecule has 1 aliphatic rings. The average Bonchev–Trinajstić information content (AvgIpc) is 3.01. The van der Waals surface area contributed by atoms with Crippen molar-refractivity contribution >= 4 is 27.7 Å². The summed E-state index contributed by atoms with van der Waals surface area (Å²) in [6.07, 6.45) is 6.68. The number of nitriles is 1. The first-order valence-corrected chi connectivity index (χ1v) is 8.45. The van der Waals surface area contributed by atoms with E-state index in [9.17, 15) is 10.1 Å². The van der Waals surface area contributed by atoms with Gasteiger partial charge in [-0.25, -0.2) is 9.97 Å². The van der Waals surface area contributed by atoms with Crippen LogP contribution < -0.4 is 10.2 Å². The molecule has 0 aromatic carbocycles. The lowest BCUT2D eigenvalue weighted by molar-refractivity contribution is 0.0925. The van der Waals surface area contributed by atoms with Gasteiger partial charge in [0.2, 0.25) is 0 Å². The number of piperidine rings is 1. The molecule has 7 nitrogen and oxygen atoms in total. The van der Waals surface area contributed by atoms with E-state index in [1.807, 2.05) is 0 Å². The van der Waals surface area contributed by atoms with Crippen LogP contribution in [0.3, 0.4) is 0 Å². The zero-order valence-electron chi connectivity index (χ0n) is 13.2. The quantitative estimate of drug-likeness (QED) is 0.866. The topological polar surface area (TPSA) is 86.8 Å². The zero-order chi connectivity index (χ0) is 17.1. The summed E-state index contributed by atoms with van der Waals surface area (Å²) in [5.41, 5.74) is 1.06. The molecular weight excluding hydrogens is 372 g/mol. The molecule has 1 fully saturated rings. The summed E-state index contributed by atoms with van der Waals surface area (Å²) < 4.78 is 2.47. The van der Waals surface area contributed by atoms with Crippen LogP contribution in [0.25, 0.3) is 0 Å². The van der Waals surface area contributed by atoms with Crippen molar-refractivity contribution in [2.24, 2.45) is 7.05 Å². The van der Waals surface area contributed by atoms with E-state index in [-0.39, 0.29) is 11.9 Å². The minimum Gasteiger partial charge on any atom is -0.353 e. The molecule has 2 aromatic heterocycles. The Labute approximate surface area is 148 Å². The minimum absolute atomic E-state index is 0.0122. The molecule has 3 heterocycles. The maximum absolute atomic E-state index is 12.3. The molecule has 0 radical (unpaired) electrons. The Hall–Kier alpha value is -2.40. The number of nitrogens with one attached hydrogen (secondary N) is 1. The second kappa shape index (κ2) is 7.01. The fourth-order valence-corrected chi connectivity index (χ4v) is 3.22. The van der Waals surface area contributed by atoms with E-state index in [1.54, 1.807) is 36.4 Å². The number of nitrogens with zero attached hydrogens (tertiary/aromatic N) is 5. The van der Waals surface area contributed by atoms with Crippen LogP contribution in [0.5, 0.6) is 0 Å². The van der Waals surface area contributed by atoms with E-state index in [0.29, 0.717) is 23.6 Å². The number of hydrogen-bond acceptors (Lipinski definition) is 5. The van der Waals surface area contributed by atoms with Crippen molar-refractivity contribution in [1.29, 1.82) is 5.26 Å². The number of halogens is 1. The highest BCUT2D eigenvalue weighted by atomic mass is 79.9. The number of rotatable bonds is 3. The molecule has 1 N–H and O–H groups in total. The number of anilines is 1. The van der Waals surface area contributed by atoms with Gasteiger partial charge in [0, 0.05) is 36.8 Å². The van der Waals surface area contributed by atoms with Crippen LogP contribution in [0, 0.1) is 11.3 Å². The van der Waals surface area contributed by atoms with Gasteiger partial charge in [-0.2, -0.15) is 5.26 Å². The largest absolute Gasteiger partial charge is 0.353 e. The third-order valence-corrected chi connectivity index (χ3v) is 4.49. The second-order valence-corrected chi connectivity index (χ2v) is 6.70. The van der Waals surface area contributed by atoms with Gasteiger partial charge in [0.1, 0.15) is 17.6 Å². The third-order valence-electron chi connectivity index (χ3n) is 4.06. The summed E-state index contributed by atoms with van der Waals surface area (Å²) in [4.78, 5) is 22.7. The molecule has 0 spiro atoms. The van der Waals surface area contributed by atoms with Gasteiger partial charge in [0.05, 0.1) is 18.1 Å². The normalized spacial score (nSPS) is 17.4. The second-order valence-electron chi connectivity index (χ2n) is 5.78. The average molecular weight is 389 g/mol. The molecule has 24 heavy (non-hydrogen) atoms. The van der Waals surface area contributed by atoms with Gasteiger partial charge in [-0.1, -0.05) is 0 Å². The van der Waals surface area contributed by atoms with Crippen LogP contribution in [0.2, 0.25) is 0 Å². The Morgan fingerprint density at radius 3 is 3.04 bits per heavy atom. The number of imidazole rings is 1. The fourth-order valence-electron chi connectivity index (χ4n) is 2.89. The van der Waals surface area contributed by atoms with Gasteiger partial charge in [-0.3, -0.25) is 4.79 Å². The van der Waals surface area contributed by atoms with Crippen LogP contribution in [-0.2, 0) is 7.05 Å². The van der Waals surface area contributed by atoms with E-state index in [0.717, 1.165) is 23.9 Å². The first-order chi connectivity index (χ1) is 11.6. The molecule has 1 saturated heterocycles. The van der Waals surface area contributed by atoms with E-state index in [4.69, 9.17) is 0 Å². The lowest BCUT2D eigenvalue weighted by atomic mass is 10.0. The number of aryl methyl sites for hydroxylation is 1. The summed E-state index contributed by atoms with van der Waals surface area (Å²) in [5.74, 6) is 0.534. The molecule has 1 amide bonds. The first kappa shape index (κ1) is 16.5. The molecular formula is C16H17BrN6O. The van der Waals surface area contributed by atoms with E-state index >= 15 is 0 Å². The third kappa shape index (κ3) is 3.41. The standard InChI is InChI=1S/C16H17BrN6O/c1-22-10-19-8-14(22)16(24)21-13-3-2-4-23(9-13)15-11(6-18)5-12(17)7-20-15/h5,7-8,10,13H,2-4,9H2,1H3,(H,21,24). The summed E-state index contributed by atoms with van der Waals surface area (Å²) in [7, 11) is 1.79. The van der Waals surface area contributed by atoms with Crippen LogP contribution in [-0.4, -0.2) is 39.6 Å². The van der Waals surface area contributed by atoms with E-state index in [2.05, 4.69) is 42.2 Å². The van der Waals surface area contributed by atoms with Crippen molar-refractivity contribution in [3.8, 4) is 6.07 Å². The minimum atomic E-state index is -0.133. The summed E-state index contributed by atoms with van der Waals surface area (Å²) in [6, 6.07) is 3.96. The van der Waals surface area contributed by atoms with Gasteiger partial charge in [0.15, 0.2) is 0 Å². The van der Waals surface area contributed by atoms with E-state index in [1.165, 1.54) is 0 Å². The SMILES string of the molecule is Cn1cncc1C(=O)NC1CCCN(c2ncc(Br)cc2C#N)C1. The van der Waals surface area contributed by atoms with Crippen molar-refractivity contribution in [2.75, 3.05) is 18.0 Å². The first-order valence-electron chi connectivity index (χ1n) is 7.66. The molecule has 1 aliphatic heterocycles. The van der Waals surface area contributed by atoms with Crippen molar-refractivity contribution in [2.45, 2.75) is 18.9 Å². The summed E-state index contributed by atoms with van der Waals surface area (Å²) in [5, 5.41) is 12.4. The maximum atomic E-state index is 12.3. The van der Waals surface area contributed by atoms with Gasteiger partial charge < -0.3 is 14.8 Å². The number of carbonyl (C=O) groups is 1. The molecule has 124 valence electrons. The highest BCUT2D eigenvalue weighted by Gasteiger charge is 2.25. The van der Waals surface area contributed by atoms with Crippen LogP contribution in [0.15, 0.2) is 29.3 Å². The zero-order valence-corrected chi connectivity index (χ0v) is 14.8. The van der Waals surface area contributed by atoms with Crippen molar-refractivity contribution < 1.29 is 4.79 Å². The Bertz CT molecular complexity index is 796. The Kier molecular flexibility index (Phi) is 4.81. The maximum Gasteiger partial charge on any atom is 0.269 e. The van der Waals surface area contributed by atoms with Crippen molar-refractivity contribution in [3.05, 3.63) is 40.5 Å². The fraction of sp³-hybridized carbons (Fsp3) is 0.375. The van der Waals surface area contributed by atoms with Gasteiger partial charge in [-0.15, -0.1) is 0 Å². The molecule has 1 atom stereocenters. The molecule has 0 saturated carbocycles. The van der Waals surface area contributed by atoms with Crippen LogP contribution in [0.1, 0.15) is 28.9 Å². The Balaban J connectivity index is 1.72. The van der Waals surface area contributed by atoms with Crippen molar-refractivity contribution in [1.82, 2.24) is 19.9 Å². The van der Waals surface area contributed by atoms with Crippen LogP contribution >= 0.6 is 15.9 Å². The lowest BCUT2D eigenvalue weighted by Gasteiger charge is -2.34. The number of aromatic nitrogens is 3. The summed E-state index contributed by atoms with van der Waals surface area (Å²) >= 11 is 3.34. The highest BCUT2D eigenvalue weighted by molar-refractivity contribution is 9.10. The Morgan fingerprint density at radius 1 is 1.50 bits per heavy atom. The van der Waals surface area contributed by atoms with E-state index < -0.39 is 0 Å². The summed E-state index contributed by atoms with van der Waals surface area (Å²) in [6.45, 7) is 1.45. The van der Waals surface area contributed by atoms with Crippen molar-refractivity contribution in [3.63, 3.8) is 0 Å². The smallest absolute Gasteiger partial charge is 0.269 e. The molecule has 2 aromatic rings.